The quantitative estimate of drug-likeness (QED) is 0.675. The van der Waals surface area contributed by atoms with E-state index in [9.17, 15) is 9.59 Å². The van der Waals surface area contributed by atoms with Gasteiger partial charge in [-0.3, -0.25) is 9.59 Å². The van der Waals surface area contributed by atoms with Crippen LogP contribution in [-0.2, 0) is 9.59 Å². The lowest BCUT2D eigenvalue weighted by Crippen LogP contribution is -2.47. The number of amides is 2. The van der Waals surface area contributed by atoms with E-state index in [0.29, 0.717) is 13.0 Å². The highest BCUT2D eigenvalue weighted by Gasteiger charge is 2.72. The van der Waals surface area contributed by atoms with Crippen molar-refractivity contribution in [1.29, 1.82) is 0 Å². The predicted octanol–water partition coefficient (Wildman–Crippen LogP) is 3.57. The Kier molecular flexibility index (Phi) is 4.37. The van der Waals surface area contributed by atoms with Gasteiger partial charge >= 0.3 is 0 Å². The summed E-state index contributed by atoms with van der Waals surface area (Å²) in [7, 11) is 1.57. The minimum absolute atomic E-state index is 0.126. The number of carbonyl (C=O) groups is 2. The van der Waals surface area contributed by atoms with Crippen LogP contribution in [0, 0.1) is 0 Å². The Morgan fingerprint density at radius 2 is 1.87 bits per heavy atom. The monoisotopic (exact) mass is 438 g/mol. The van der Waals surface area contributed by atoms with Crippen LogP contribution in [0.25, 0.3) is 0 Å². The maximum atomic E-state index is 12.7. The number of rotatable bonds is 3. The van der Waals surface area contributed by atoms with Crippen molar-refractivity contribution in [3.63, 3.8) is 0 Å². The third kappa shape index (κ3) is 2.86. The fourth-order valence-electron chi connectivity index (χ4n) is 2.82. The van der Waals surface area contributed by atoms with Crippen molar-refractivity contribution in [2.24, 2.45) is 0 Å². The highest BCUT2D eigenvalue weighted by atomic mass is 79.9. The van der Waals surface area contributed by atoms with Gasteiger partial charge in [-0.25, -0.2) is 0 Å². The third-order valence-corrected chi connectivity index (χ3v) is 6.62. The molecule has 0 N–H and O–H groups in total. The van der Waals surface area contributed by atoms with Gasteiger partial charge in [-0.2, -0.15) is 0 Å². The Morgan fingerprint density at radius 3 is 2.39 bits per heavy atom. The minimum atomic E-state index is -1.32. The summed E-state index contributed by atoms with van der Waals surface area (Å²) in [6, 6.07) is 6.92. The molecule has 2 atom stereocenters. The van der Waals surface area contributed by atoms with E-state index in [4.69, 9.17) is 34.8 Å². The molecule has 2 aliphatic rings. The minimum Gasteiger partial charge on any atom is -0.332 e. The number of halogens is 4. The molecule has 3 rings (SSSR count). The van der Waals surface area contributed by atoms with Crippen LogP contribution in [0.15, 0.2) is 28.7 Å². The van der Waals surface area contributed by atoms with Gasteiger partial charge in [0, 0.05) is 30.2 Å². The first-order valence-corrected chi connectivity index (χ1v) is 9.01. The standard InChI is InChI=1S/C15H14BrCl3N2O2/c1-20(13(23)14(17)8-15(14,18)19)11-6-7-21(12(11)22)10-4-2-9(16)3-5-10/h2-5,11H,6-8H2,1H3. The van der Waals surface area contributed by atoms with Gasteiger partial charge in [0.25, 0.3) is 0 Å². The van der Waals surface area contributed by atoms with Gasteiger partial charge in [0.2, 0.25) is 11.8 Å². The van der Waals surface area contributed by atoms with E-state index >= 15 is 0 Å². The Bertz CT molecular complexity index is 667. The zero-order chi connectivity index (χ0) is 17.0. The average molecular weight is 441 g/mol. The molecular weight excluding hydrogens is 426 g/mol. The number of alkyl halides is 3. The number of likely N-dealkylation sites (N-methyl/N-ethyl adjacent to an activating group) is 1. The van der Waals surface area contributed by atoms with E-state index < -0.39 is 21.2 Å². The largest absolute Gasteiger partial charge is 0.332 e. The first-order valence-electron chi connectivity index (χ1n) is 7.08. The molecule has 0 spiro atoms. The van der Waals surface area contributed by atoms with Crippen LogP contribution in [0.3, 0.4) is 0 Å². The smallest absolute Gasteiger partial charge is 0.249 e. The molecule has 1 saturated heterocycles. The summed E-state index contributed by atoms with van der Waals surface area (Å²) in [6.07, 6.45) is 0.729. The highest BCUT2D eigenvalue weighted by Crippen LogP contribution is 2.62. The van der Waals surface area contributed by atoms with E-state index in [2.05, 4.69) is 15.9 Å². The molecule has 1 saturated carbocycles. The summed E-state index contributed by atoms with van der Waals surface area (Å²) in [5, 5.41) is 0. The zero-order valence-electron chi connectivity index (χ0n) is 12.2. The van der Waals surface area contributed by atoms with Crippen LogP contribution in [-0.4, -0.2) is 45.6 Å². The molecule has 1 aromatic carbocycles. The number of hydrogen-bond donors (Lipinski definition) is 0. The number of benzene rings is 1. The van der Waals surface area contributed by atoms with Crippen LogP contribution in [0.5, 0.6) is 0 Å². The van der Waals surface area contributed by atoms with Gasteiger partial charge in [-0.15, -0.1) is 11.6 Å². The second-order valence-electron chi connectivity index (χ2n) is 5.87. The molecule has 0 bridgehead atoms. The predicted molar refractivity (Wildman–Crippen MR) is 95.3 cm³/mol. The summed E-state index contributed by atoms with van der Waals surface area (Å²) >= 11 is 21.5. The zero-order valence-corrected chi connectivity index (χ0v) is 16.1. The lowest BCUT2D eigenvalue weighted by atomic mass is 10.2. The first-order chi connectivity index (χ1) is 10.7. The Labute approximate surface area is 157 Å². The molecule has 124 valence electrons. The highest BCUT2D eigenvalue weighted by molar-refractivity contribution is 9.10. The first kappa shape index (κ1) is 17.3. The molecule has 4 nitrogen and oxygen atoms in total. The summed E-state index contributed by atoms with van der Waals surface area (Å²) < 4.78 is -0.317. The van der Waals surface area contributed by atoms with Crippen molar-refractivity contribution >= 4 is 68.2 Å². The van der Waals surface area contributed by atoms with Crippen molar-refractivity contribution in [3.8, 4) is 0 Å². The van der Waals surface area contributed by atoms with Crippen molar-refractivity contribution in [2.45, 2.75) is 28.1 Å². The summed E-state index contributed by atoms with van der Waals surface area (Å²) in [5.41, 5.74) is 0.803. The normalized spacial score (nSPS) is 28.8. The molecule has 1 aliphatic carbocycles. The second-order valence-corrected chi connectivity index (χ2v) is 8.91. The number of carbonyl (C=O) groups excluding carboxylic acids is 2. The van der Waals surface area contributed by atoms with Gasteiger partial charge in [-0.1, -0.05) is 39.1 Å². The van der Waals surface area contributed by atoms with Crippen LogP contribution < -0.4 is 4.90 Å². The molecule has 2 fully saturated rings. The number of anilines is 1. The molecule has 23 heavy (non-hydrogen) atoms. The van der Waals surface area contributed by atoms with E-state index in [1.807, 2.05) is 24.3 Å². The molecule has 0 radical (unpaired) electrons. The average Bonchev–Trinajstić information content (AvgIpc) is 2.82. The molecule has 1 aromatic rings. The topological polar surface area (TPSA) is 40.6 Å². The molecule has 0 aromatic heterocycles. The van der Waals surface area contributed by atoms with Crippen molar-refractivity contribution in [3.05, 3.63) is 28.7 Å². The summed E-state index contributed by atoms with van der Waals surface area (Å²) in [6.45, 7) is 0.547. The Hall–Kier alpha value is -0.490. The fraction of sp³-hybridized carbons (Fsp3) is 0.467. The molecule has 2 amide bonds. The van der Waals surface area contributed by atoms with Gasteiger partial charge < -0.3 is 9.80 Å². The van der Waals surface area contributed by atoms with E-state index in [1.54, 1.807) is 11.9 Å². The number of nitrogens with zero attached hydrogens (tertiary/aromatic N) is 2. The van der Waals surface area contributed by atoms with E-state index in [0.717, 1.165) is 10.2 Å². The van der Waals surface area contributed by atoms with Gasteiger partial charge in [0.05, 0.1) is 0 Å². The summed E-state index contributed by atoms with van der Waals surface area (Å²) in [4.78, 5) is 26.9. The van der Waals surface area contributed by atoms with Gasteiger partial charge in [-0.05, 0) is 30.7 Å². The van der Waals surface area contributed by atoms with Crippen LogP contribution >= 0.6 is 50.7 Å². The molecule has 8 heteroatoms. The molecule has 2 unspecified atom stereocenters. The SMILES string of the molecule is CN(C(=O)C1(Cl)CC1(Cl)Cl)C1CCN(c2ccc(Br)cc2)C1=O. The lowest BCUT2D eigenvalue weighted by molar-refractivity contribution is -0.137. The van der Waals surface area contributed by atoms with Crippen molar-refractivity contribution in [1.82, 2.24) is 4.90 Å². The second kappa shape index (κ2) is 5.80. The van der Waals surface area contributed by atoms with E-state index in [1.165, 1.54) is 4.90 Å². The Morgan fingerprint density at radius 1 is 1.30 bits per heavy atom. The molecular formula is C15H14BrCl3N2O2. The van der Waals surface area contributed by atoms with Crippen molar-refractivity contribution < 1.29 is 9.59 Å². The maximum absolute atomic E-state index is 12.7. The fourth-order valence-corrected chi connectivity index (χ4v) is 4.11. The van der Waals surface area contributed by atoms with E-state index in [-0.39, 0.29) is 12.3 Å². The summed E-state index contributed by atoms with van der Waals surface area (Å²) in [5.74, 6) is -0.529. The third-order valence-electron chi connectivity index (χ3n) is 4.36. The van der Waals surface area contributed by atoms with Crippen LogP contribution in [0.4, 0.5) is 5.69 Å². The van der Waals surface area contributed by atoms with Crippen molar-refractivity contribution in [2.75, 3.05) is 18.5 Å². The lowest BCUT2D eigenvalue weighted by Gasteiger charge is -2.26. The Balaban J connectivity index is 1.74. The van der Waals surface area contributed by atoms with Gasteiger partial charge in [0.1, 0.15) is 10.4 Å². The molecule has 1 aliphatic heterocycles. The maximum Gasteiger partial charge on any atom is 0.249 e. The number of hydrogen-bond acceptors (Lipinski definition) is 2. The molecule has 1 heterocycles. The van der Waals surface area contributed by atoms with Gasteiger partial charge in [0.15, 0.2) is 4.87 Å². The van der Waals surface area contributed by atoms with Crippen LogP contribution in [0.1, 0.15) is 12.8 Å². The van der Waals surface area contributed by atoms with Crippen LogP contribution in [0.2, 0.25) is 0 Å².